The highest BCUT2D eigenvalue weighted by Gasteiger charge is 1.99. The Balaban J connectivity index is 2.39. The molecule has 1 aromatic heterocycles. The Hall–Kier alpha value is -1.13. The molecule has 0 fully saturated rings. The number of halogens is 1. The molecule has 0 saturated carbocycles. The van der Waals surface area contributed by atoms with Crippen LogP contribution in [0.1, 0.15) is 5.69 Å². The van der Waals surface area contributed by atoms with Crippen LogP contribution in [0.4, 0.5) is 0 Å². The number of benzene rings is 1. The fourth-order valence-corrected chi connectivity index (χ4v) is 1.60. The van der Waals surface area contributed by atoms with Gasteiger partial charge in [-0.1, -0.05) is 22.0 Å². The van der Waals surface area contributed by atoms with E-state index in [-0.39, 0.29) is 6.61 Å². The van der Waals surface area contributed by atoms with Crippen molar-refractivity contribution in [2.75, 3.05) is 0 Å². The van der Waals surface area contributed by atoms with E-state index in [0.29, 0.717) is 5.69 Å². The summed E-state index contributed by atoms with van der Waals surface area (Å²) < 4.78 is 2.74. The molecule has 0 spiro atoms. The Morgan fingerprint density at radius 1 is 1.36 bits per heavy atom. The maximum atomic E-state index is 8.87. The third kappa shape index (κ3) is 1.86. The minimum atomic E-state index is -0.0268. The van der Waals surface area contributed by atoms with Crippen LogP contribution in [0.25, 0.3) is 5.69 Å². The molecule has 1 heterocycles. The largest absolute Gasteiger partial charge is 0.390 e. The van der Waals surface area contributed by atoms with Crippen molar-refractivity contribution in [2.24, 2.45) is 0 Å². The number of hydrogen-bond donors (Lipinski definition) is 1. The summed E-state index contributed by atoms with van der Waals surface area (Å²) in [6.45, 7) is -0.0268. The van der Waals surface area contributed by atoms with Crippen LogP contribution in [0, 0.1) is 0 Å². The molecule has 0 unspecified atom stereocenters. The van der Waals surface area contributed by atoms with Crippen molar-refractivity contribution in [3.63, 3.8) is 0 Å². The summed E-state index contributed by atoms with van der Waals surface area (Å²) in [4.78, 5) is 0. The second-order valence-electron chi connectivity index (χ2n) is 2.89. The van der Waals surface area contributed by atoms with Crippen LogP contribution in [0.15, 0.2) is 41.0 Å². The van der Waals surface area contributed by atoms with Crippen molar-refractivity contribution in [3.8, 4) is 5.69 Å². The van der Waals surface area contributed by atoms with Crippen molar-refractivity contribution in [1.29, 1.82) is 0 Å². The second kappa shape index (κ2) is 3.94. The number of aliphatic hydroxyl groups excluding tert-OH is 1. The molecule has 0 aliphatic heterocycles. The van der Waals surface area contributed by atoms with Crippen molar-refractivity contribution in [3.05, 3.63) is 46.7 Å². The van der Waals surface area contributed by atoms with Crippen molar-refractivity contribution in [2.45, 2.75) is 6.61 Å². The molecular weight excluding hydrogens is 244 g/mol. The van der Waals surface area contributed by atoms with E-state index < -0.39 is 0 Å². The fourth-order valence-electron chi connectivity index (χ4n) is 1.21. The summed E-state index contributed by atoms with van der Waals surface area (Å²) in [5, 5.41) is 13.1. The number of aromatic nitrogens is 2. The van der Waals surface area contributed by atoms with Gasteiger partial charge >= 0.3 is 0 Å². The second-order valence-corrected chi connectivity index (χ2v) is 3.81. The van der Waals surface area contributed by atoms with E-state index in [1.807, 2.05) is 30.5 Å². The van der Waals surface area contributed by atoms with E-state index in [0.717, 1.165) is 10.2 Å². The first-order chi connectivity index (χ1) is 6.79. The zero-order valence-electron chi connectivity index (χ0n) is 7.39. The molecule has 2 rings (SSSR count). The molecule has 4 heteroatoms. The lowest BCUT2D eigenvalue weighted by Crippen LogP contribution is -1.95. The van der Waals surface area contributed by atoms with Gasteiger partial charge in [-0.15, -0.1) is 0 Å². The van der Waals surface area contributed by atoms with Crippen LogP contribution < -0.4 is 0 Å². The molecule has 14 heavy (non-hydrogen) atoms. The topological polar surface area (TPSA) is 38.0 Å². The first kappa shape index (κ1) is 9.43. The highest BCUT2D eigenvalue weighted by atomic mass is 79.9. The van der Waals surface area contributed by atoms with E-state index in [2.05, 4.69) is 21.0 Å². The predicted molar refractivity (Wildman–Crippen MR) is 57.2 cm³/mol. The maximum absolute atomic E-state index is 8.87. The Bertz CT molecular complexity index is 439. The average Bonchev–Trinajstić information content (AvgIpc) is 2.66. The standard InChI is InChI=1S/C10H9BrN2O/c11-8-2-1-3-10(6-8)13-5-4-9(7-14)12-13/h1-6,14H,7H2. The summed E-state index contributed by atoms with van der Waals surface area (Å²) in [5.74, 6) is 0. The summed E-state index contributed by atoms with van der Waals surface area (Å²) in [7, 11) is 0. The number of aliphatic hydroxyl groups is 1. The molecule has 0 radical (unpaired) electrons. The van der Waals surface area contributed by atoms with E-state index in [9.17, 15) is 0 Å². The number of hydrogen-bond acceptors (Lipinski definition) is 2. The number of nitrogens with zero attached hydrogens (tertiary/aromatic N) is 2. The molecule has 1 N–H and O–H groups in total. The van der Waals surface area contributed by atoms with Crippen LogP contribution in [0.2, 0.25) is 0 Å². The Morgan fingerprint density at radius 3 is 2.86 bits per heavy atom. The van der Waals surface area contributed by atoms with Crippen LogP contribution >= 0.6 is 15.9 Å². The third-order valence-electron chi connectivity index (χ3n) is 1.88. The van der Waals surface area contributed by atoms with Gasteiger partial charge in [-0.2, -0.15) is 5.10 Å². The van der Waals surface area contributed by atoms with E-state index in [1.54, 1.807) is 10.7 Å². The lowest BCUT2D eigenvalue weighted by atomic mass is 10.3. The van der Waals surface area contributed by atoms with Gasteiger partial charge in [0.05, 0.1) is 18.0 Å². The molecule has 0 aliphatic carbocycles. The maximum Gasteiger partial charge on any atom is 0.0883 e. The van der Waals surface area contributed by atoms with Crippen molar-refractivity contribution < 1.29 is 5.11 Å². The van der Waals surface area contributed by atoms with E-state index in [1.165, 1.54) is 0 Å². The van der Waals surface area contributed by atoms with Gasteiger partial charge in [0.1, 0.15) is 0 Å². The molecule has 3 nitrogen and oxygen atoms in total. The predicted octanol–water partition coefficient (Wildman–Crippen LogP) is 2.13. The van der Waals surface area contributed by atoms with Gasteiger partial charge in [-0.25, -0.2) is 4.68 Å². The summed E-state index contributed by atoms with van der Waals surface area (Å²) in [5.41, 5.74) is 1.64. The van der Waals surface area contributed by atoms with Gasteiger partial charge in [-0.05, 0) is 24.3 Å². The fraction of sp³-hybridized carbons (Fsp3) is 0.100. The van der Waals surface area contributed by atoms with Crippen molar-refractivity contribution >= 4 is 15.9 Å². The molecule has 0 saturated heterocycles. The molecular formula is C10H9BrN2O. The van der Waals surface area contributed by atoms with Crippen LogP contribution in [-0.4, -0.2) is 14.9 Å². The summed E-state index contributed by atoms with van der Waals surface area (Å²) in [6.07, 6.45) is 1.83. The highest BCUT2D eigenvalue weighted by Crippen LogP contribution is 2.14. The Kier molecular flexibility index (Phi) is 2.65. The van der Waals surface area contributed by atoms with Crippen LogP contribution in [0.3, 0.4) is 0 Å². The van der Waals surface area contributed by atoms with Crippen molar-refractivity contribution in [1.82, 2.24) is 9.78 Å². The normalized spacial score (nSPS) is 10.4. The van der Waals surface area contributed by atoms with Crippen LogP contribution in [-0.2, 0) is 6.61 Å². The first-order valence-electron chi connectivity index (χ1n) is 4.21. The smallest absolute Gasteiger partial charge is 0.0883 e. The molecule has 1 aromatic carbocycles. The minimum Gasteiger partial charge on any atom is -0.390 e. The van der Waals surface area contributed by atoms with Gasteiger partial charge < -0.3 is 5.11 Å². The molecule has 0 aliphatic rings. The Morgan fingerprint density at radius 2 is 2.21 bits per heavy atom. The lowest BCUT2D eigenvalue weighted by molar-refractivity contribution is 0.276. The SMILES string of the molecule is OCc1ccn(-c2cccc(Br)c2)n1. The quantitative estimate of drug-likeness (QED) is 0.890. The number of rotatable bonds is 2. The average molecular weight is 253 g/mol. The minimum absolute atomic E-state index is 0.0268. The molecule has 0 atom stereocenters. The first-order valence-corrected chi connectivity index (χ1v) is 5.00. The Labute approximate surface area is 90.1 Å². The zero-order chi connectivity index (χ0) is 9.97. The lowest BCUT2D eigenvalue weighted by Gasteiger charge is -2.00. The molecule has 72 valence electrons. The molecule has 0 amide bonds. The molecule has 2 aromatic rings. The zero-order valence-corrected chi connectivity index (χ0v) is 8.98. The van der Waals surface area contributed by atoms with Gasteiger partial charge in [0.2, 0.25) is 0 Å². The van der Waals surface area contributed by atoms with Gasteiger partial charge in [0.15, 0.2) is 0 Å². The molecule has 0 bridgehead atoms. The van der Waals surface area contributed by atoms with E-state index >= 15 is 0 Å². The monoisotopic (exact) mass is 252 g/mol. The summed E-state index contributed by atoms with van der Waals surface area (Å²) in [6, 6.07) is 9.62. The van der Waals surface area contributed by atoms with Gasteiger partial charge in [-0.3, -0.25) is 0 Å². The highest BCUT2D eigenvalue weighted by molar-refractivity contribution is 9.10. The van der Waals surface area contributed by atoms with Crippen LogP contribution in [0.5, 0.6) is 0 Å². The van der Waals surface area contributed by atoms with Gasteiger partial charge in [0, 0.05) is 10.7 Å². The third-order valence-corrected chi connectivity index (χ3v) is 2.37. The van der Waals surface area contributed by atoms with Gasteiger partial charge in [0.25, 0.3) is 0 Å². The summed E-state index contributed by atoms with van der Waals surface area (Å²) >= 11 is 3.39. The van der Waals surface area contributed by atoms with E-state index in [4.69, 9.17) is 5.11 Å².